The molecule has 0 aliphatic rings. The average Bonchev–Trinajstić information content (AvgIpc) is 2.38. The van der Waals surface area contributed by atoms with E-state index in [0.29, 0.717) is 5.56 Å². The molecule has 1 aromatic rings. The van der Waals surface area contributed by atoms with Crippen molar-refractivity contribution in [1.29, 1.82) is 0 Å². The Morgan fingerprint density at radius 2 is 1.59 bits per heavy atom. The summed E-state index contributed by atoms with van der Waals surface area (Å²) in [7, 11) is 0. The van der Waals surface area contributed by atoms with Crippen LogP contribution >= 0.6 is 0 Å². The van der Waals surface area contributed by atoms with Gasteiger partial charge >= 0.3 is 12.2 Å². The van der Waals surface area contributed by atoms with E-state index in [1.165, 1.54) is 24.5 Å². The van der Waals surface area contributed by atoms with E-state index in [-0.39, 0.29) is 0 Å². The first-order chi connectivity index (χ1) is 8.17. The summed E-state index contributed by atoms with van der Waals surface area (Å²) in [5.74, 6) is 9.69. The fourth-order valence-electron chi connectivity index (χ4n) is 0.943. The first-order valence-electron chi connectivity index (χ1n) is 4.41. The van der Waals surface area contributed by atoms with Crippen molar-refractivity contribution in [1.82, 2.24) is 15.8 Å². The van der Waals surface area contributed by atoms with Crippen LogP contribution in [0.25, 0.3) is 0 Å². The summed E-state index contributed by atoms with van der Waals surface area (Å²) < 4.78 is 9.43. The number of nitrogens with one attached hydrogen (secondary N) is 2. The fraction of sp³-hybridized carbons (Fsp3) is 0.125. The average molecular weight is 241 g/mol. The van der Waals surface area contributed by atoms with Crippen molar-refractivity contribution in [3.05, 3.63) is 30.1 Å². The van der Waals surface area contributed by atoms with Crippen LogP contribution in [0, 0.1) is 0 Å². The zero-order valence-electron chi connectivity index (χ0n) is 8.62. The lowest BCUT2D eigenvalue weighted by Crippen LogP contribution is -2.36. The number of amides is 2. The fourth-order valence-corrected chi connectivity index (χ4v) is 0.943. The van der Waals surface area contributed by atoms with Gasteiger partial charge in [0.05, 0.1) is 0 Å². The summed E-state index contributed by atoms with van der Waals surface area (Å²) in [5, 5.41) is 0. The minimum atomic E-state index is -1.27. The van der Waals surface area contributed by atoms with Crippen molar-refractivity contribution in [3.63, 3.8) is 0 Å². The van der Waals surface area contributed by atoms with Gasteiger partial charge in [0.25, 0.3) is 6.29 Å². The molecule has 0 fully saturated rings. The van der Waals surface area contributed by atoms with Gasteiger partial charge in [0.15, 0.2) is 0 Å². The maximum absolute atomic E-state index is 10.9. The van der Waals surface area contributed by atoms with Crippen LogP contribution in [0.3, 0.4) is 0 Å². The quantitative estimate of drug-likeness (QED) is 0.237. The highest BCUT2D eigenvalue weighted by Gasteiger charge is 2.20. The van der Waals surface area contributed by atoms with Crippen LogP contribution in [-0.2, 0) is 9.47 Å². The number of hydrogen-bond donors (Lipinski definition) is 4. The third kappa shape index (κ3) is 3.93. The lowest BCUT2D eigenvalue weighted by molar-refractivity contribution is -0.0639. The van der Waals surface area contributed by atoms with Gasteiger partial charge in [-0.05, 0) is 12.1 Å². The number of nitrogens with two attached hydrogens (primary N) is 2. The predicted octanol–water partition coefficient (Wildman–Crippen LogP) is -0.720. The zero-order valence-corrected chi connectivity index (χ0v) is 8.62. The van der Waals surface area contributed by atoms with Crippen LogP contribution in [0.4, 0.5) is 9.59 Å². The molecule has 0 aliphatic heterocycles. The standard InChI is InChI=1S/C8H11N5O4/c9-12-7(14)16-6(17-8(15)13-10)5-1-3-11-4-2-5/h1-4,6H,9-10H2,(H,12,14)(H,13,15). The summed E-state index contributed by atoms with van der Waals surface area (Å²) in [4.78, 5) is 25.7. The van der Waals surface area contributed by atoms with Gasteiger partial charge in [-0.15, -0.1) is 0 Å². The SMILES string of the molecule is NNC(=O)OC(OC(=O)NN)c1ccncc1. The lowest BCUT2D eigenvalue weighted by Gasteiger charge is -2.17. The summed E-state index contributed by atoms with van der Waals surface area (Å²) >= 11 is 0. The zero-order chi connectivity index (χ0) is 12.7. The number of carbonyl (C=O) groups is 2. The number of rotatable bonds is 3. The van der Waals surface area contributed by atoms with Crippen LogP contribution < -0.4 is 22.5 Å². The van der Waals surface area contributed by atoms with Crippen molar-refractivity contribution >= 4 is 12.2 Å². The molecule has 1 rings (SSSR count). The van der Waals surface area contributed by atoms with Gasteiger partial charge in [-0.1, -0.05) is 0 Å². The molecule has 92 valence electrons. The summed E-state index contributed by atoms with van der Waals surface area (Å²) in [6, 6.07) is 3.00. The predicted molar refractivity (Wildman–Crippen MR) is 54.6 cm³/mol. The van der Waals surface area contributed by atoms with Crippen molar-refractivity contribution in [2.24, 2.45) is 11.7 Å². The van der Waals surface area contributed by atoms with Crippen LogP contribution in [0.5, 0.6) is 0 Å². The molecule has 0 unspecified atom stereocenters. The maximum atomic E-state index is 10.9. The van der Waals surface area contributed by atoms with E-state index < -0.39 is 18.5 Å². The minimum Gasteiger partial charge on any atom is -0.403 e. The van der Waals surface area contributed by atoms with Gasteiger partial charge in [0, 0.05) is 18.0 Å². The van der Waals surface area contributed by atoms with E-state index in [1.807, 2.05) is 0 Å². The molecule has 6 N–H and O–H groups in total. The molecule has 1 heterocycles. The van der Waals surface area contributed by atoms with Crippen molar-refractivity contribution in [2.45, 2.75) is 6.29 Å². The second-order valence-electron chi connectivity index (χ2n) is 2.71. The number of aromatic nitrogens is 1. The van der Waals surface area contributed by atoms with E-state index in [0.717, 1.165) is 0 Å². The van der Waals surface area contributed by atoms with Crippen molar-refractivity contribution in [3.8, 4) is 0 Å². The number of nitrogens with zero attached hydrogens (tertiary/aromatic N) is 1. The summed E-state index contributed by atoms with van der Waals surface area (Å²) in [6.45, 7) is 0. The number of ether oxygens (including phenoxy) is 2. The molecular weight excluding hydrogens is 230 g/mol. The van der Waals surface area contributed by atoms with E-state index in [2.05, 4.69) is 4.98 Å². The number of hydrogen-bond acceptors (Lipinski definition) is 7. The lowest BCUT2D eigenvalue weighted by atomic mass is 10.2. The molecule has 17 heavy (non-hydrogen) atoms. The Bertz CT molecular complexity index is 367. The van der Waals surface area contributed by atoms with E-state index in [9.17, 15) is 9.59 Å². The molecule has 0 atom stereocenters. The highest BCUT2D eigenvalue weighted by molar-refractivity contribution is 5.68. The minimum absolute atomic E-state index is 0.396. The molecule has 2 amide bonds. The first kappa shape index (κ1) is 12.7. The molecule has 0 radical (unpaired) electrons. The smallest absolute Gasteiger partial charge is 0.403 e. The monoisotopic (exact) mass is 241 g/mol. The first-order valence-corrected chi connectivity index (χ1v) is 4.41. The molecule has 0 aromatic carbocycles. The second-order valence-corrected chi connectivity index (χ2v) is 2.71. The van der Waals surface area contributed by atoms with Gasteiger partial charge in [0.2, 0.25) is 0 Å². The second kappa shape index (κ2) is 6.25. The van der Waals surface area contributed by atoms with E-state index in [4.69, 9.17) is 21.2 Å². The maximum Gasteiger partial charge on any atom is 0.424 e. The Morgan fingerprint density at radius 3 is 2.00 bits per heavy atom. The van der Waals surface area contributed by atoms with Gasteiger partial charge < -0.3 is 9.47 Å². The highest BCUT2D eigenvalue weighted by Crippen LogP contribution is 2.18. The van der Waals surface area contributed by atoms with Crippen LogP contribution in [0.2, 0.25) is 0 Å². The molecule has 0 spiro atoms. The Labute approximate surface area is 96.0 Å². The Hall–Kier alpha value is -2.39. The third-order valence-electron chi connectivity index (χ3n) is 1.64. The highest BCUT2D eigenvalue weighted by atomic mass is 16.7. The van der Waals surface area contributed by atoms with E-state index >= 15 is 0 Å². The van der Waals surface area contributed by atoms with Crippen LogP contribution in [0.1, 0.15) is 11.9 Å². The molecular formula is C8H11N5O4. The summed E-state index contributed by atoms with van der Waals surface area (Å²) in [6.07, 6.45) is -0.315. The van der Waals surface area contributed by atoms with Crippen molar-refractivity contribution < 1.29 is 19.1 Å². The Kier molecular flexibility index (Phi) is 4.66. The number of pyridine rings is 1. The normalized spacial score (nSPS) is 9.59. The largest absolute Gasteiger partial charge is 0.424 e. The van der Waals surface area contributed by atoms with Crippen molar-refractivity contribution in [2.75, 3.05) is 0 Å². The topological polar surface area (TPSA) is 142 Å². The summed E-state index contributed by atoms with van der Waals surface area (Å²) in [5.41, 5.74) is 3.87. The van der Waals surface area contributed by atoms with Gasteiger partial charge in [-0.3, -0.25) is 15.8 Å². The Morgan fingerprint density at radius 1 is 1.12 bits per heavy atom. The van der Waals surface area contributed by atoms with Crippen LogP contribution in [-0.4, -0.2) is 17.2 Å². The number of carbonyl (C=O) groups excluding carboxylic acids is 2. The molecule has 0 aliphatic carbocycles. The van der Waals surface area contributed by atoms with Gasteiger partial charge in [-0.25, -0.2) is 21.3 Å². The Balaban J connectivity index is 2.79. The molecule has 1 aromatic heterocycles. The molecule has 0 bridgehead atoms. The van der Waals surface area contributed by atoms with E-state index in [1.54, 1.807) is 10.9 Å². The molecule has 9 nitrogen and oxygen atoms in total. The van der Waals surface area contributed by atoms with Gasteiger partial charge in [0.1, 0.15) is 0 Å². The molecule has 0 saturated carbocycles. The number of hydrazine groups is 2. The molecule has 0 saturated heterocycles. The van der Waals surface area contributed by atoms with Gasteiger partial charge in [-0.2, -0.15) is 0 Å². The molecule has 9 heteroatoms. The van der Waals surface area contributed by atoms with Crippen LogP contribution in [0.15, 0.2) is 24.5 Å². The third-order valence-corrected chi connectivity index (χ3v) is 1.64.